The molecule has 0 bridgehead atoms. The van der Waals surface area contributed by atoms with Crippen LogP contribution in [0.15, 0.2) is 30.6 Å². The Morgan fingerprint density at radius 1 is 1.00 bits per heavy atom. The van der Waals surface area contributed by atoms with E-state index in [4.69, 9.17) is 9.47 Å². The highest BCUT2D eigenvalue weighted by atomic mass is 32.3. The van der Waals surface area contributed by atoms with E-state index in [9.17, 15) is 13.0 Å². The first-order valence-corrected chi connectivity index (χ1v) is 10.2. The Morgan fingerprint density at radius 2 is 1.55 bits per heavy atom. The van der Waals surface area contributed by atoms with Crippen molar-refractivity contribution in [2.24, 2.45) is 7.05 Å². The van der Waals surface area contributed by atoms with E-state index in [2.05, 4.69) is 26.3 Å². The molecule has 2 heterocycles. The van der Waals surface area contributed by atoms with E-state index in [1.165, 1.54) is 0 Å². The minimum atomic E-state index is -4.41. The normalized spacial score (nSPS) is 11.6. The van der Waals surface area contributed by atoms with E-state index < -0.39 is 10.4 Å². The average molecular weight is 419 g/mol. The first kappa shape index (κ1) is 20.9. The highest BCUT2D eigenvalue weighted by molar-refractivity contribution is 7.80. The third-order valence-electron chi connectivity index (χ3n) is 4.30. The summed E-state index contributed by atoms with van der Waals surface area (Å²) in [5, 5.41) is 4.22. The molecule has 0 radical (unpaired) electrons. The first-order chi connectivity index (χ1) is 13.8. The number of aromatic nitrogens is 3. The number of hydrogen-bond acceptors (Lipinski definition) is 8. The van der Waals surface area contributed by atoms with Crippen LogP contribution in [0.5, 0.6) is 11.8 Å². The Balaban J connectivity index is 0.000000353. The number of ether oxygens (including phenoxy) is 2. The Labute approximate surface area is 168 Å². The lowest BCUT2D eigenvalue weighted by Crippen LogP contribution is -2.29. The predicted octanol–water partition coefficient (Wildman–Crippen LogP) is 2.09. The second-order valence-corrected chi connectivity index (χ2v) is 7.18. The van der Waals surface area contributed by atoms with Crippen LogP contribution in [0.4, 0.5) is 0 Å². The number of rotatable bonds is 5. The molecule has 0 spiro atoms. The van der Waals surface area contributed by atoms with Crippen molar-refractivity contribution in [2.45, 2.75) is 13.8 Å². The van der Waals surface area contributed by atoms with Crippen molar-refractivity contribution in [1.82, 2.24) is 9.97 Å². The predicted molar refractivity (Wildman–Crippen MR) is 106 cm³/mol. The van der Waals surface area contributed by atoms with Crippen molar-refractivity contribution in [3.05, 3.63) is 30.6 Å². The zero-order chi connectivity index (χ0) is 21.2. The molecule has 0 aliphatic carbocycles. The monoisotopic (exact) mass is 419 g/mol. The third kappa shape index (κ3) is 4.14. The van der Waals surface area contributed by atoms with Crippen LogP contribution in [-0.4, -0.2) is 43.3 Å². The van der Waals surface area contributed by atoms with Gasteiger partial charge in [-0.15, -0.1) is 0 Å². The van der Waals surface area contributed by atoms with Crippen molar-refractivity contribution >= 4 is 43.0 Å². The van der Waals surface area contributed by atoms with Crippen LogP contribution in [0, 0.1) is 0 Å². The van der Waals surface area contributed by atoms with Crippen molar-refractivity contribution in [3.8, 4) is 11.8 Å². The molecule has 4 rings (SSSR count). The van der Waals surface area contributed by atoms with Gasteiger partial charge in [0.25, 0.3) is 6.33 Å². The average Bonchev–Trinajstić information content (AvgIpc) is 2.69. The van der Waals surface area contributed by atoms with E-state index in [0.717, 1.165) is 39.7 Å². The van der Waals surface area contributed by atoms with Crippen LogP contribution in [0.1, 0.15) is 13.8 Å². The maximum Gasteiger partial charge on any atom is 0.287 e. The molecule has 154 valence electrons. The molecule has 0 saturated heterocycles. The fourth-order valence-corrected chi connectivity index (χ4v) is 3.13. The minimum absolute atomic E-state index is 0.564. The largest absolute Gasteiger partial charge is 0.726 e. The molecule has 9 nitrogen and oxygen atoms in total. The smallest absolute Gasteiger partial charge is 0.287 e. The van der Waals surface area contributed by atoms with Crippen molar-refractivity contribution in [2.75, 3.05) is 20.3 Å². The van der Waals surface area contributed by atoms with Gasteiger partial charge in [0, 0.05) is 16.2 Å². The molecule has 2 aromatic heterocycles. The molecule has 0 N–H and O–H groups in total. The molecule has 29 heavy (non-hydrogen) atoms. The standard InChI is InChI=1S/C18H18N3O2.CH4O4S/c1-4-22-17-11-6-8-13-16-14(21(3)10-19-13)9-7-12(15(11)16)18(20-17)23-5-2;1-5-6(2,3)4/h6-10H,4-5H2,1-3H3;1H3,(H,2,3,4)/q+1;/p-1. The van der Waals surface area contributed by atoms with Crippen LogP contribution in [0.25, 0.3) is 32.6 Å². The first-order valence-electron chi connectivity index (χ1n) is 8.90. The number of pyridine rings is 1. The van der Waals surface area contributed by atoms with E-state index in [1.807, 2.05) is 43.9 Å². The summed E-state index contributed by atoms with van der Waals surface area (Å²) >= 11 is 0. The summed E-state index contributed by atoms with van der Waals surface area (Å²) in [7, 11) is -1.60. The highest BCUT2D eigenvalue weighted by Gasteiger charge is 2.21. The van der Waals surface area contributed by atoms with E-state index in [-0.39, 0.29) is 0 Å². The molecule has 10 heteroatoms. The fraction of sp³-hybridized carbons (Fsp3) is 0.316. The molecule has 0 aliphatic heterocycles. The zero-order valence-corrected chi connectivity index (χ0v) is 17.3. The quantitative estimate of drug-likeness (QED) is 0.209. The summed E-state index contributed by atoms with van der Waals surface area (Å²) in [4.78, 5) is 9.13. The third-order valence-corrected chi connectivity index (χ3v) is 4.71. The molecule has 4 aromatic rings. The summed E-state index contributed by atoms with van der Waals surface area (Å²) in [6, 6.07) is 8.22. The van der Waals surface area contributed by atoms with Crippen molar-refractivity contribution in [3.63, 3.8) is 0 Å². The maximum absolute atomic E-state index is 9.22. The van der Waals surface area contributed by atoms with Gasteiger partial charge >= 0.3 is 0 Å². The van der Waals surface area contributed by atoms with E-state index in [0.29, 0.717) is 25.0 Å². The zero-order valence-electron chi connectivity index (χ0n) is 16.5. The molecule has 0 unspecified atom stereocenters. The summed E-state index contributed by atoms with van der Waals surface area (Å²) in [5.74, 6) is 1.23. The molecular formula is C19H21N3O6S. The summed E-state index contributed by atoms with van der Waals surface area (Å²) in [6.45, 7) is 5.05. The lowest BCUT2D eigenvalue weighted by atomic mass is 10.00. The summed E-state index contributed by atoms with van der Waals surface area (Å²) in [5.41, 5.74) is 2.09. The van der Waals surface area contributed by atoms with Gasteiger partial charge in [0.2, 0.25) is 22.2 Å². The van der Waals surface area contributed by atoms with Crippen molar-refractivity contribution in [1.29, 1.82) is 0 Å². The fourth-order valence-electron chi connectivity index (χ4n) is 3.13. The van der Waals surface area contributed by atoms with Gasteiger partial charge in [-0.2, -0.15) is 4.98 Å². The number of hydrogen-bond donors (Lipinski definition) is 0. The van der Waals surface area contributed by atoms with Gasteiger partial charge < -0.3 is 14.0 Å². The molecule has 2 aromatic carbocycles. The number of aryl methyl sites for hydroxylation is 1. The number of nitrogens with zero attached hydrogens (tertiary/aromatic N) is 3. The van der Waals surface area contributed by atoms with Crippen LogP contribution in [0.3, 0.4) is 0 Å². The lowest BCUT2D eigenvalue weighted by molar-refractivity contribution is -0.647. The van der Waals surface area contributed by atoms with Gasteiger partial charge in [0.05, 0.1) is 32.8 Å². The Bertz CT molecular complexity index is 1230. The van der Waals surface area contributed by atoms with Crippen molar-refractivity contribution < 1.29 is 31.2 Å². The number of benzene rings is 2. The molecule has 0 fully saturated rings. The highest BCUT2D eigenvalue weighted by Crippen LogP contribution is 2.39. The lowest BCUT2D eigenvalue weighted by Gasteiger charge is -2.14. The van der Waals surface area contributed by atoms with E-state index >= 15 is 0 Å². The SMILES string of the molecule is CCOc1nc(OCC)c2ccc3c4c(ccc1c24)nc[n+]3C.COS(=O)(=O)[O-]. The van der Waals surface area contributed by atoms with Crippen LogP contribution in [-0.2, 0) is 21.6 Å². The second-order valence-electron chi connectivity index (χ2n) is 6.03. The van der Waals surface area contributed by atoms with Crippen LogP contribution >= 0.6 is 0 Å². The van der Waals surface area contributed by atoms with Gasteiger partial charge in [-0.1, -0.05) is 0 Å². The Hall–Kier alpha value is -2.82. The minimum Gasteiger partial charge on any atom is -0.726 e. The van der Waals surface area contributed by atoms with Gasteiger partial charge in [0.1, 0.15) is 5.52 Å². The van der Waals surface area contributed by atoms with Gasteiger partial charge in [-0.05, 0) is 43.1 Å². The second kappa shape index (κ2) is 8.27. The Kier molecular flexibility index (Phi) is 5.96. The molecule has 0 saturated carbocycles. The molecule has 0 amide bonds. The van der Waals surface area contributed by atoms with Gasteiger partial charge in [-0.3, -0.25) is 4.18 Å². The maximum atomic E-state index is 9.22. The molecular weight excluding hydrogens is 398 g/mol. The van der Waals surface area contributed by atoms with Crippen LogP contribution in [0.2, 0.25) is 0 Å². The topological polar surface area (TPSA) is 115 Å². The summed E-state index contributed by atoms with van der Waals surface area (Å²) in [6.07, 6.45) is 1.84. The molecule has 0 aliphatic rings. The van der Waals surface area contributed by atoms with Gasteiger partial charge in [0.15, 0.2) is 5.52 Å². The molecule has 0 atom stereocenters. The summed E-state index contributed by atoms with van der Waals surface area (Å²) < 4.78 is 44.6. The Morgan fingerprint density at radius 3 is 2.07 bits per heavy atom. The van der Waals surface area contributed by atoms with Gasteiger partial charge in [-0.25, -0.2) is 13.0 Å². The van der Waals surface area contributed by atoms with Crippen LogP contribution < -0.4 is 14.0 Å². The van der Waals surface area contributed by atoms with E-state index in [1.54, 1.807) is 0 Å².